The molecule has 2 aliphatic carbocycles. The first kappa shape index (κ1) is 7.39. The van der Waals surface area contributed by atoms with E-state index in [4.69, 9.17) is 0 Å². The topological polar surface area (TPSA) is 0 Å². The molecule has 2 aliphatic rings. The van der Waals surface area contributed by atoms with Crippen LogP contribution in [0.2, 0.25) is 0 Å². The van der Waals surface area contributed by atoms with Gasteiger partial charge in [-0.3, -0.25) is 0 Å². The van der Waals surface area contributed by atoms with Crippen molar-refractivity contribution < 1.29 is 0 Å². The van der Waals surface area contributed by atoms with Crippen LogP contribution in [0.3, 0.4) is 0 Å². The Hall–Kier alpha value is -0.260. The average molecular weight is 150 g/mol. The Balaban J connectivity index is 2.06. The van der Waals surface area contributed by atoms with E-state index in [1.807, 2.05) is 0 Å². The number of rotatable bonds is 2. The third-order valence-corrected chi connectivity index (χ3v) is 3.67. The molecule has 0 saturated heterocycles. The van der Waals surface area contributed by atoms with E-state index in [1.54, 1.807) is 0 Å². The Morgan fingerprint density at radius 3 is 2.55 bits per heavy atom. The molecule has 0 aromatic carbocycles. The van der Waals surface area contributed by atoms with Crippen molar-refractivity contribution in [3.63, 3.8) is 0 Å². The molecular formula is C11H18. The van der Waals surface area contributed by atoms with Crippen LogP contribution in [0.5, 0.6) is 0 Å². The fraction of sp³-hybridized carbons (Fsp3) is 0.818. The van der Waals surface area contributed by atoms with Gasteiger partial charge in [-0.15, -0.1) is 6.58 Å². The summed E-state index contributed by atoms with van der Waals surface area (Å²) in [6, 6.07) is 0. The van der Waals surface area contributed by atoms with Gasteiger partial charge in [0.25, 0.3) is 0 Å². The number of hydrogen-bond donors (Lipinski definition) is 0. The molecular weight excluding hydrogens is 132 g/mol. The van der Waals surface area contributed by atoms with Crippen LogP contribution in [0, 0.1) is 29.6 Å². The van der Waals surface area contributed by atoms with E-state index in [9.17, 15) is 0 Å². The normalized spacial score (nSPS) is 47.5. The SMILES string of the molecule is C=CC1C(C(C)C)CC2CC21. The largest absolute Gasteiger partial charge is 0.103 e. The smallest absolute Gasteiger partial charge is 0.0174 e. The summed E-state index contributed by atoms with van der Waals surface area (Å²) in [6.45, 7) is 8.66. The minimum absolute atomic E-state index is 0.861. The first-order valence-electron chi connectivity index (χ1n) is 4.86. The molecule has 2 fully saturated rings. The average Bonchev–Trinajstić information content (AvgIpc) is 2.63. The molecule has 0 aromatic heterocycles. The van der Waals surface area contributed by atoms with Crippen molar-refractivity contribution in [2.24, 2.45) is 29.6 Å². The van der Waals surface area contributed by atoms with Crippen LogP contribution < -0.4 is 0 Å². The van der Waals surface area contributed by atoms with E-state index < -0.39 is 0 Å². The zero-order valence-electron chi connectivity index (χ0n) is 7.59. The van der Waals surface area contributed by atoms with Crippen LogP contribution in [-0.2, 0) is 0 Å². The Labute approximate surface area is 69.7 Å². The summed E-state index contributed by atoms with van der Waals surface area (Å²) in [6.07, 6.45) is 5.20. The van der Waals surface area contributed by atoms with Crippen LogP contribution in [0.15, 0.2) is 12.7 Å². The van der Waals surface area contributed by atoms with Crippen LogP contribution >= 0.6 is 0 Å². The highest BCUT2D eigenvalue weighted by atomic mass is 14.6. The lowest BCUT2D eigenvalue weighted by Gasteiger charge is -2.22. The lowest BCUT2D eigenvalue weighted by Crippen LogP contribution is -2.15. The van der Waals surface area contributed by atoms with Gasteiger partial charge in [-0.2, -0.15) is 0 Å². The van der Waals surface area contributed by atoms with Crippen molar-refractivity contribution in [3.05, 3.63) is 12.7 Å². The van der Waals surface area contributed by atoms with Crippen LogP contribution in [-0.4, -0.2) is 0 Å². The zero-order valence-corrected chi connectivity index (χ0v) is 7.59. The number of fused-ring (bicyclic) bond motifs is 1. The second-order valence-corrected chi connectivity index (χ2v) is 4.62. The maximum Gasteiger partial charge on any atom is -0.0174 e. The predicted molar refractivity (Wildman–Crippen MR) is 48.2 cm³/mol. The minimum atomic E-state index is 0.861. The molecule has 0 bridgehead atoms. The van der Waals surface area contributed by atoms with Gasteiger partial charge in [0.05, 0.1) is 0 Å². The maximum atomic E-state index is 3.95. The van der Waals surface area contributed by atoms with Crippen molar-refractivity contribution in [1.82, 2.24) is 0 Å². The van der Waals surface area contributed by atoms with Gasteiger partial charge in [0.1, 0.15) is 0 Å². The highest BCUT2D eigenvalue weighted by molar-refractivity contribution is 5.07. The van der Waals surface area contributed by atoms with Gasteiger partial charge < -0.3 is 0 Å². The summed E-state index contributed by atoms with van der Waals surface area (Å²) in [5.41, 5.74) is 0. The second kappa shape index (κ2) is 2.36. The molecule has 62 valence electrons. The third-order valence-electron chi connectivity index (χ3n) is 3.67. The van der Waals surface area contributed by atoms with E-state index in [-0.39, 0.29) is 0 Å². The van der Waals surface area contributed by atoms with Gasteiger partial charge in [0, 0.05) is 0 Å². The monoisotopic (exact) mass is 150 g/mol. The summed E-state index contributed by atoms with van der Waals surface area (Å²) < 4.78 is 0. The molecule has 0 aromatic rings. The van der Waals surface area contributed by atoms with Crippen molar-refractivity contribution in [1.29, 1.82) is 0 Å². The molecule has 0 nitrogen and oxygen atoms in total. The number of hydrogen-bond acceptors (Lipinski definition) is 0. The first-order valence-corrected chi connectivity index (χ1v) is 4.86. The van der Waals surface area contributed by atoms with Gasteiger partial charge in [0.15, 0.2) is 0 Å². The third kappa shape index (κ3) is 1.04. The highest BCUT2D eigenvalue weighted by Crippen LogP contribution is 2.59. The molecule has 0 aliphatic heterocycles. The van der Waals surface area contributed by atoms with Crippen LogP contribution in [0.1, 0.15) is 26.7 Å². The molecule has 0 spiro atoms. The fourth-order valence-electron chi connectivity index (χ4n) is 2.90. The Bertz CT molecular complexity index is 169. The van der Waals surface area contributed by atoms with Crippen LogP contribution in [0.25, 0.3) is 0 Å². The van der Waals surface area contributed by atoms with E-state index in [1.165, 1.54) is 12.8 Å². The molecule has 0 N–H and O–H groups in total. The standard InChI is InChI=1S/C11H18/c1-4-9-10(7(2)3)5-8-6-11(8)9/h4,7-11H,1,5-6H2,2-3H3. The molecule has 4 atom stereocenters. The van der Waals surface area contributed by atoms with E-state index in [0.29, 0.717) is 0 Å². The molecule has 11 heavy (non-hydrogen) atoms. The summed E-state index contributed by atoms with van der Waals surface area (Å²) >= 11 is 0. The molecule has 0 heterocycles. The van der Waals surface area contributed by atoms with Gasteiger partial charge in [0.2, 0.25) is 0 Å². The Morgan fingerprint density at radius 2 is 2.09 bits per heavy atom. The fourth-order valence-corrected chi connectivity index (χ4v) is 2.90. The molecule has 0 radical (unpaired) electrons. The molecule has 4 unspecified atom stereocenters. The molecule has 0 heteroatoms. The second-order valence-electron chi connectivity index (χ2n) is 4.62. The van der Waals surface area contributed by atoms with E-state index in [2.05, 4.69) is 26.5 Å². The lowest BCUT2D eigenvalue weighted by atomic mass is 9.83. The quantitative estimate of drug-likeness (QED) is 0.531. The van der Waals surface area contributed by atoms with E-state index >= 15 is 0 Å². The van der Waals surface area contributed by atoms with Crippen molar-refractivity contribution in [3.8, 4) is 0 Å². The number of allylic oxidation sites excluding steroid dienone is 1. The summed E-state index contributed by atoms with van der Waals surface area (Å²) in [7, 11) is 0. The molecule has 2 rings (SSSR count). The minimum Gasteiger partial charge on any atom is -0.103 e. The van der Waals surface area contributed by atoms with Crippen LogP contribution in [0.4, 0.5) is 0 Å². The van der Waals surface area contributed by atoms with Gasteiger partial charge in [-0.25, -0.2) is 0 Å². The molecule has 0 amide bonds. The Morgan fingerprint density at radius 1 is 1.36 bits per heavy atom. The van der Waals surface area contributed by atoms with Crippen molar-refractivity contribution in [2.45, 2.75) is 26.7 Å². The predicted octanol–water partition coefficient (Wildman–Crippen LogP) is 3.10. The van der Waals surface area contributed by atoms with Crippen molar-refractivity contribution >= 4 is 0 Å². The van der Waals surface area contributed by atoms with Gasteiger partial charge >= 0.3 is 0 Å². The molecule has 2 saturated carbocycles. The van der Waals surface area contributed by atoms with Gasteiger partial charge in [-0.05, 0) is 42.4 Å². The summed E-state index contributed by atoms with van der Waals surface area (Å²) in [4.78, 5) is 0. The van der Waals surface area contributed by atoms with Gasteiger partial charge in [-0.1, -0.05) is 19.9 Å². The Kier molecular flexibility index (Phi) is 1.59. The van der Waals surface area contributed by atoms with E-state index in [0.717, 1.165) is 29.6 Å². The highest BCUT2D eigenvalue weighted by Gasteiger charge is 2.52. The lowest BCUT2D eigenvalue weighted by molar-refractivity contribution is 0.301. The van der Waals surface area contributed by atoms with Crippen molar-refractivity contribution in [2.75, 3.05) is 0 Å². The summed E-state index contributed by atoms with van der Waals surface area (Å²) in [5.74, 6) is 4.81. The zero-order chi connectivity index (χ0) is 8.01. The maximum absolute atomic E-state index is 3.95. The summed E-state index contributed by atoms with van der Waals surface area (Å²) in [5, 5.41) is 0. The first-order chi connectivity index (χ1) is 5.24.